The maximum atomic E-state index is 5.82. The van der Waals surface area contributed by atoms with E-state index in [4.69, 9.17) is 5.73 Å². The molecule has 1 aromatic carbocycles. The Morgan fingerprint density at radius 2 is 2.17 bits per heavy atom. The van der Waals surface area contributed by atoms with E-state index in [1.165, 1.54) is 7.58 Å². The van der Waals surface area contributed by atoms with Crippen LogP contribution in [0.5, 0.6) is 0 Å². The predicted molar refractivity (Wildman–Crippen MR) is 66.7 cm³/mol. The topological polar surface area (TPSA) is 26.0 Å². The summed E-state index contributed by atoms with van der Waals surface area (Å²) in [7, 11) is 0. The minimum Gasteiger partial charge on any atom is -0.398 e. The van der Waals surface area contributed by atoms with Crippen molar-refractivity contribution in [1.82, 2.24) is 0 Å². The Kier molecular flexibility index (Phi) is 2.31. The van der Waals surface area contributed by atoms with Gasteiger partial charge >= 0.3 is 0 Å². The van der Waals surface area contributed by atoms with Crippen LogP contribution in [0.1, 0.15) is 0 Å². The molecule has 1 heterocycles. The summed E-state index contributed by atoms with van der Waals surface area (Å²) in [6.07, 6.45) is 0. The first-order valence-electron chi connectivity index (χ1n) is 3.31. The molecule has 2 N–H and O–H groups in total. The fourth-order valence-corrected chi connectivity index (χ4v) is 3.47. The maximum absolute atomic E-state index is 5.82. The molecule has 0 bridgehead atoms. The Morgan fingerprint density at radius 1 is 1.42 bits per heavy atom. The highest BCUT2D eigenvalue weighted by Crippen LogP contribution is 2.35. The SMILES string of the molecule is Nc1ccc(Br)c2sc(I)cc12. The van der Waals surface area contributed by atoms with Crippen molar-refractivity contribution in [2.24, 2.45) is 0 Å². The molecule has 0 aliphatic rings. The van der Waals surface area contributed by atoms with E-state index in [0.29, 0.717) is 0 Å². The van der Waals surface area contributed by atoms with Crippen LogP contribution >= 0.6 is 49.9 Å². The fraction of sp³-hybridized carbons (Fsp3) is 0. The predicted octanol–water partition coefficient (Wildman–Crippen LogP) is 3.85. The van der Waals surface area contributed by atoms with Gasteiger partial charge in [0.1, 0.15) is 0 Å². The van der Waals surface area contributed by atoms with Crippen LogP contribution in [0.25, 0.3) is 10.1 Å². The second-order valence-electron chi connectivity index (χ2n) is 2.43. The average molecular weight is 354 g/mol. The minimum atomic E-state index is 0.854. The van der Waals surface area contributed by atoms with Crippen molar-refractivity contribution in [2.45, 2.75) is 0 Å². The van der Waals surface area contributed by atoms with Crippen molar-refractivity contribution in [3.05, 3.63) is 25.6 Å². The van der Waals surface area contributed by atoms with Crippen LogP contribution in [0.4, 0.5) is 5.69 Å². The van der Waals surface area contributed by atoms with E-state index >= 15 is 0 Å². The van der Waals surface area contributed by atoms with E-state index in [2.05, 4.69) is 44.6 Å². The molecule has 1 aromatic heterocycles. The van der Waals surface area contributed by atoms with Gasteiger partial charge in [-0.25, -0.2) is 0 Å². The Morgan fingerprint density at radius 3 is 2.83 bits per heavy atom. The van der Waals surface area contributed by atoms with Crippen molar-refractivity contribution in [3.63, 3.8) is 0 Å². The number of thiophene rings is 1. The molecule has 62 valence electrons. The molecule has 12 heavy (non-hydrogen) atoms. The third-order valence-corrected chi connectivity index (χ3v) is 4.49. The first-order valence-corrected chi connectivity index (χ1v) is 6.00. The summed E-state index contributed by atoms with van der Waals surface area (Å²) < 4.78 is 3.63. The lowest BCUT2D eigenvalue weighted by Gasteiger charge is -1.96. The zero-order valence-corrected chi connectivity index (χ0v) is 10.5. The third-order valence-electron chi connectivity index (χ3n) is 1.64. The van der Waals surface area contributed by atoms with Crippen LogP contribution in [-0.4, -0.2) is 0 Å². The number of anilines is 1. The molecule has 0 unspecified atom stereocenters. The van der Waals surface area contributed by atoms with Gasteiger partial charge < -0.3 is 5.73 Å². The molecule has 4 heteroatoms. The van der Waals surface area contributed by atoms with Gasteiger partial charge in [0.25, 0.3) is 0 Å². The number of benzene rings is 1. The molecule has 2 rings (SSSR count). The van der Waals surface area contributed by atoms with Crippen LogP contribution in [0.2, 0.25) is 0 Å². The van der Waals surface area contributed by atoms with Crippen LogP contribution in [0.15, 0.2) is 22.7 Å². The highest BCUT2D eigenvalue weighted by molar-refractivity contribution is 14.1. The first kappa shape index (κ1) is 8.77. The summed E-state index contributed by atoms with van der Waals surface area (Å²) in [6, 6.07) is 6.03. The molecule has 1 nitrogen and oxygen atoms in total. The van der Waals surface area contributed by atoms with Gasteiger partial charge in [0, 0.05) is 15.5 Å². The summed E-state index contributed by atoms with van der Waals surface area (Å²) in [6.45, 7) is 0. The second-order valence-corrected chi connectivity index (χ2v) is 6.23. The number of nitrogen functional groups attached to an aromatic ring is 1. The van der Waals surface area contributed by atoms with Crippen molar-refractivity contribution in [1.29, 1.82) is 0 Å². The molecule has 0 aliphatic heterocycles. The van der Waals surface area contributed by atoms with Crippen molar-refractivity contribution in [3.8, 4) is 0 Å². The van der Waals surface area contributed by atoms with E-state index in [-0.39, 0.29) is 0 Å². The zero-order valence-electron chi connectivity index (χ0n) is 5.97. The summed E-state index contributed by atoms with van der Waals surface area (Å²) in [4.78, 5) is 0. The maximum Gasteiger partial charge on any atom is 0.0667 e. The lowest BCUT2D eigenvalue weighted by Crippen LogP contribution is -1.83. The molecule has 0 saturated heterocycles. The Hall–Kier alpha value is 0.190. The Bertz CT molecular complexity index is 399. The summed E-state index contributed by atoms with van der Waals surface area (Å²) in [5.74, 6) is 0. The molecule has 0 radical (unpaired) electrons. The van der Waals surface area contributed by atoms with Crippen molar-refractivity contribution < 1.29 is 0 Å². The van der Waals surface area contributed by atoms with Crippen molar-refractivity contribution in [2.75, 3.05) is 5.73 Å². The van der Waals surface area contributed by atoms with Gasteiger partial charge in [-0.15, -0.1) is 11.3 Å². The quantitative estimate of drug-likeness (QED) is 0.565. The highest BCUT2D eigenvalue weighted by Gasteiger charge is 2.05. The lowest BCUT2D eigenvalue weighted by atomic mass is 10.2. The van der Waals surface area contributed by atoms with E-state index in [1.807, 2.05) is 12.1 Å². The molecule has 0 saturated carbocycles. The zero-order chi connectivity index (χ0) is 8.72. The molecular weight excluding hydrogens is 349 g/mol. The molecule has 0 atom stereocenters. The first-order chi connectivity index (χ1) is 5.68. The number of hydrogen-bond acceptors (Lipinski definition) is 2. The normalized spacial score (nSPS) is 10.8. The summed E-state index contributed by atoms with van der Waals surface area (Å²) in [5, 5.41) is 1.15. The van der Waals surface area contributed by atoms with E-state index in [0.717, 1.165) is 15.5 Å². The largest absolute Gasteiger partial charge is 0.398 e. The van der Waals surface area contributed by atoms with Crippen LogP contribution in [-0.2, 0) is 0 Å². The van der Waals surface area contributed by atoms with Gasteiger partial charge in [0.05, 0.1) is 7.58 Å². The van der Waals surface area contributed by atoms with E-state index in [1.54, 1.807) is 11.3 Å². The highest BCUT2D eigenvalue weighted by atomic mass is 127. The molecule has 0 spiro atoms. The van der Waals surface area contributed by atoms with Gasteiger partial charge in [0.15, 0.2) is 0 Å². The lowest BCUT2D eigenvalue weighted by molar-refractivity contribution is 1.76. The van der Waals surface area contributed by atoms with Crippen LogP contribution in [0.3, 0.4) is 0 Å². The van der Waals surface area contributed by atoms with Crippen LogP contribution < -0.4 is 5.73 Å². The molecule has 0 aliphatic carbocycles. The number of nitrogens with two attached hydrogens (primary N) is 1. The summed E-state index contributed by atoms with van der Waals surface area (Å²) >= 11 is 7.56. The van der Waals surface area contributed by atoms with Crippen LogP contribution in [0, 0.1) is 2.88 Å². The van der Waals surface area contributed by atoms with Gasteiger partial charge in [-0.05, 0) is 56.7 Å². The Labute approximate surface area is 96.2 Å². The molecule has 2 aromatic rings. The van der Waals surface area contributed by atoms with Gasteiger partial charge in [-0.3, -0.25) is 0 Å². The summed E-state index contributed by atoms with van der Waals surface area (Å²) in [5.41, 5.74) is 6.67. The second kappa shape index (κ2) is 3.16. The number of halogens is 2. The van der Waals surface area contributed by atoms with Gasteiger partial charge in [-0.1, -0.05) is 0 Å². The number of fused-ring (bicyclic) bond motifs is 1. The van der Waals surface area contributed by atoms with Crippen molar-refractivity contribution >= 4 is 65.6 Å². The smallest absolute Gasteiger partial charge is 0.0667 e. The Balaban J connectivity index is 2.93. The fourth-order valence-electron chi connectivity index (χ4n) is 1.08. The monoisotopic (exact) mass is 353 g/mol. The van der Waals surface area contributed by atoms with E-state index < -0.39 is 0 Å². The third kappa shape index (κ3) is 1.36. The standard InChI is InChI=1S/C8H5BrINS/c9-5-1-2-6(11)4-3-7(10)12-8(4)5/h1-3H,11H2. The molecule has 0 fully saturated rings. The average Bonchev–Trinajstić information content (AvgIpc) is 2.41. The van der Waals surface area contributed by atoms with Gasteiger partial charge in [0.2, 0.25) is 0 Å². The number of hydrogen-bond donors (Lipinski definition) is 1. The molecular formula is C8H5BrINS. The molecule has 0 amide bonds. The minimum absolute atomic E-state index is 0.854. The van der Waals surface area contributed by atoms with Gasteiger partial charge in [-0.2, -0.15) is 0 Å². The number of rotatable bonds is 0. The van der Waals surface area contributed by atoms with E-state index in [9.17, 15) is 0 Å².